The van der Waals surface area contributed by atoms with E-state index in [-0.39, 0.29) is 17.9 Å². The van der Waals surface area contributed by atoms with Crippen LogP contribution in [-0.2, 0) is 13.0 Å². The summed E-state index contributed by atoms with van der Waals surface area (Å²) in [6, 6.07) is 7.77. The van der Waals surface area contributed by atoms with Gasteiger partial charge in [0.1, 0.15) is 5.82 Å². The van der Waals surface area contributed by atoms with Gasteiger partial charge >= 0.3 is 5.82 Å². The topological polar surface area (TPSA) is 118 Å². The largest absolute Gasteiger partial charge is 0.358 e. The van der Waals surface area contributed by atoms with Gasteiger partial charge in [-0.15, -0.1) is 5.10 Å². The zero-order valence-corrected chi connectivity index (χ0v) is 13.9. The number of amides is 1. The van der Waals surface area contributed by atoms with E-state index in [0.29, 0.717) is 24.2 Å². The van der Waals surface area contributed by atoms with E-state index in [9.17, 15) is 19.3 Å². The normalized spacial score (nSPS) is 13.3. The van der Waals surface area contributed by atoms with Crippen LogP contribution < -0.4 is 0 Å². The van der Waals surface area contributed by atoms with Gasteiger partial charge in [-0.2, -0.15) is 10.2 Å². The minimum absolute atomic E-state index is 0.0872. The lowest BCUT2D eigenvalue weighted by Gasteiger charge is -2.27. The summed E-state index contributed by atoms with van der Waals surface area (Å²) in [5, 5.41) is 25.2. The highest BCUT2D eigenvalue weighted by Crippen LogP contribution is 2.25. The van der Waals surface area contributed by atoms with Crippen LogP contribution in [0, 0.1) is 15.9 Å². The Kier molecular flexibility index (Phi) is 4.07. The van der Waals surface area contributed by atoms with Gasteiger partial charge in [-0.3, -0.25) is 4.79 Å². The molecular formula is C17H13FN6O3. The molecule has 3 heterocycles. The lowest BCUT2D eigenvalue weighted by Crippen LogP contribution is -2.36. The van der Waals surface area contributed by atoms with Gasteiger partial charge in [-0.1, -0.05) is 17.2 Å². The van der Waals surface area contributed by atoms with Crippen molar-refractivity contribution in [3.63, 3.8) is 0 Å². The van der Waals surface area contributed by atoms with Crippen LogP contribution in [0.2, 0.25) is 0 Å². The molecule has 27 heavy (non-hydrogen) atoms. The monoisotopic (exact) mass is 368 g/mol. The van der Waals surface area contributed by atoms with Crippen LogP contribution in [-0.4, -0.2) is 42.7 Å². The molecule has 10 heteroatoms. The molecule has 1 N–H and O–H groups in total. The van der Waals surface area contributed by atoms with Crippen molar-refractivity contribution < 1.29 is 14.1 Å². The highest BCUT2D eigenvalue weighted by molar-refractivity contribution is 5.97. The Hall–Kier alpha value is -3.69. The van der Waals surface area contributed by atoms with E-state index >= 15 is 0 Å². The second-order valence-electron chi connectivity index (χ2n) is 6.08. The molecule has 0 spiro atoms. The zero-order chi connectivity index (χ0) is 19.0. The van der Waals surface area contributed by atoms with Gasteiger partial charge in [0.2, 0.25) is 0 Å². The van der Waals surface area contributed by atoms with E-state index < -0.39 is 16.6 Å². The lowest BCUT2D eigenvalue weighted by atomic mass is 10.0. The molecule has 0 atom stereocenters. The molecule has 2 aromatic heterocycles. The molecule has 0 fully saturated rings. The van der Waals surface area contributed by atoms with E-state index in [4.69, 9.17) is 0 Å². The van der Waals surface area contributed by atoms with Crippen molar-refractivity contribution in [1.82, 2.24) is 25.3 Å². The number of hydrogen-bond donors (Lipinski definition) is 1. The number of aromatic amines is 1. The number of nitrogens with one attached hydrogen (secondary N) is 1. The fourth-order valence-electron chi connectivity index (χ4n) is 3.04. The smallest absolute Gasteiger partial charge is 0.355 e. The Morgan fingerprint density at radius 1 is 1.30 bits per heavy atom. The number of carbonyl (C=O) groups excluding carboxylic acids is 1. The molecule has 3 aromatic rings. The van der Waals surface area contributed by atoms with Crippen LogP contribution in [0.15, 0.2) is 36.5 Å². The summed E-state index contributed by atoms with van der Waals surface area (Å²) >= 11 is 0. The quantitative estimate of drug-likeness (QED) is 0.559. The Morgan fingerprint density at radius 3 is 2.93 bits per heavy atom. The molecule has 0 bridgehead atoms. The van der Waals surface area contributed by atoms with Crippen LogP contribution in [0.1, 0.15) is 21.6 Å². The molecule has 0 radical (unpaired) electrons. The fraction of sp³-hybridized carbons (Fsp3) is 0.176. The molecular weight excluding hydrogens is 355 g/mol. The average Bonchev–Trinajstić information content (AvgIpc) is 3.16. The molecule has 0 saturated carbocycles. The number of halogens is 1. The first-order valence-corrected chi connectivity index (χ1v) is 8.11. The number of benzene rings is 1. The van der Waals surface area contributed by atoms with E-state index in [1.54, 1.807) is 18.2 Å². The second-order valence-corrected chi connectivity index (χ2v) is 6.08. The minimum atomic E-state index is -0.675. The molecule has 9 nitrogen and oxygen atoms in total. The Bertz CT molecular complexity index is 1050. The summed E-state index contributed by atoms with van der Waals surface area (Å²) in [5.74, 6) is -1.29. The number of carbonyl (C=O) groups is 1. The maximum atomic E-state index is 13.5. The SMILES string of the molecule is O=C(c1cn[nH]c1[N+](=O)[O-])N1CCc2nnc(-c3cccc(F)c3)cc2C1. The second kappa shape index (κ2) is 6.56. The molecule has 0 saturated heterocycles. The molecule has 1 aliphatic heterocycles. The van der Waals surface area contributed by atoms with Crippen molar-refractivity contribution in [1.29, 1.82) is 0 Å². The third kappa shape index (κ3) is 3.12. The highest BCUT2D eigenvalue weighted by Gasteiger charge is 2.29. The number of H-pyrrole nitrogens is 1. The van der Waals surface area contributed by atoms with Gasteiger partial charge in [-0.05, 0) is 28.7 Å². The maximum Gasteiger partial charge on any atom is 0.355 e. The Labute approximate surface area is 152 Å². The third-order valence-corrected chi connectivity index (χ3v) is 4.38. The van der Waals surface area contributed by atoms with E-state index in [1.807, 2.05) is 0 Å². The van der Waals surface area contributed by atoms with Crippen molar-refractivity contribution in [3.05, 3.63) is 69.3 Å². The summed E-state index contributed by atoms with van der Waals surface area (Å²) in [6.07, 6.45) is 1.63. The van der Waals surface area contributed by atoms with E-state index in [2.05, 4.69) is 20.4 Å². The summed E-state index contributed by atoms with van der Waals surface area (Å²) in [4.78, 5) is 24.5. The highest BCUT2D eigenvalue weighted by atomic mass is 19.1. The van der Waals surface area contributed by atoms with Crippen LogP contribution in [0.25, 0.3) is 11.3 Å². The average molecular weight is 368 g/mol. The fourth-order valence-corrected chi connectivity index (χ4v) is 3.04. The van der Waals surface area contributed by atoms with Crippen molar-refractivity contribution >= 4 is 11.7 Å². The molecule has 136 valence electrons. The standard InChI is InChI=1S/C17H13FN6O3/c18-12-3-1-2-10(6-12)15-7-11-9-23(5-4-14(11)20-21-15)17(25)13-8-19-22-16(13)24(26)27/h1-3,6-8H,4-5,9H2,(H,19,22). The Morgan fingerprint density at radius 2 is 2.15 bits per heavy atom. The molecule has 4 rings (SSSR count). The minimum Gasteiger partial charge on any atom is -0.358 e. The summed E-state index contributed by atoms with van der Waals surface area (Å²) in [7, 11) is 0. The number of hydrogen-bond acceptors (Lipinski definition) is 6. The predicted molar refractivity (Wildman–Crippen MR) is 91.1 cm³/mol. The number of nitro groups is 1. The van der Waals surface area contributed by atoms with E-state index in [1.165, 1.54) is 17.0 Å². The molecule has 0 unspecified atom stereocenters. The van der Waals surface area contributed by atoms with Gasteiger partial charge < -0.3 is 15.0 Å². The summed E-state index contributed by atoms with van der Waals surface area (Å²) in [5.41, 5.74) is 2.52. The predicted octanol–water partition coefficient (Wildman–Crippen LogP) is 2.11. The van der Waals surface area contributed by atoms with Crippen LogP contribution in [0.4, 0.5) is 10.2 Å². The van der Waals surface area contributed by atoms with Crippen molar-refractivity contribution in [3.8, 4) is 11.3 Å². The zero-order valence-electron chi connectivity index (χ0n) is 13.9. The van der Waals surface area contributed by atoms with Gasteiger partial charge in [0.05, 0.1) is 17.6 Å². The van der Waals surface area contributed by atoms with Crippen LogP contribution in [0.3, 0.4) is 0 Å². The van der Waals surface area contributed by atoms with Crippen molar-refractivity contribution in [2.45, 2.75) is 13.0 Å². The lowest BCUT2D eigenvalue weighted by molar-refractivity contribution is -0.389. The number of rotatable bonds is 3. The maximum absolute atomic E-state index is 13.5. The van der Waals surface area contributed by atoms with Crippen LogP contribution >= 0.6 is 0 Å². The first-order chi connectivity index (χ1) is 13.0. The van der Waals surface area contributed by atoms with Gasteiger partial charge in [0.15, 0.2) is 5.56 Å². The Balaban J connectivity index is 1.62. The van der Waals surface area contributed by atoms with Crippen LogP contribution in [0.5, 0.6) is 0 Å². The van der Waals surface area contributed by atoms with Crippen molar-refractivity contribution in [2.24, 2.45) is 0 Å². The molecule has 1 amide bonds. The molecule has 1 aromatic carbocycles. The summed E-state index contributed by atoms with van der Waals surface area (Å²) in [6.45, 7) is 0.594. The first-order valence-electron chi connectivity index (χ1n) is 8.11. The van der Waals surface area contributed by atoms with Crippen molar-refractivity contribution in [2.75, 3.05) is 6.54 Å². The van der Waals surface area contributed by atoms with Gasteiger partial charge in [0.25, 0.3) is 5.91 Å². The van der Waals surface area contributed by atoms with E-state index in [0.717, 1.165) is 17.5 Å². The number of aromatic nitrogens is 4. The first kappa shape index (κ1) is 16.8. The van der Waals surface area contributed by atoms with Gasteiger partial charge in [-0.25, -0.2) is 4.39 Å². The van der Waals surface area contributed by atoms with Gasteiger partial charge in [0, 0.05) is 25.1 Å². The third-order valence-electron chi connectivity index (χ3n) is 4.38. The summed E-state index contributed by atoms with van der Waals surface area (Å²) < 4.78 is 13.5. The number of fused-ring (bicyclic) bond motifs is 1. The molecule has 1 aliphatic rings. The number of nitrogens with zero attached hydrogens (tertiary/aromatic N) is 5. The molecule has 0 aliphatic carbocycles.